The molecule has 2 rings (SSSR count). The van der Waals surface area contributed by atoms with Gasteiger partial charge in [0.15, 0.2) is 0 Å². The molecule has 0 radical (unpaired) electrons. The van der Waals surface area contributed by atoms with Crippen LogP contribution in [0.4, 0.5) is 0 Å². The zero-order valence-electron chi connectivity index (χ0n) is 14.5. The zero-order valence-corrected chi connectivity index (χ0v) is 15.5. The summed E-state index contributed by atoms with van der Waals surface area (Å²) in [5.41, 5.74) is -0.160. The van der Waals surface area contributed by atoms with Gasteiger partial charge in [0.05, 0.1) is 26.4 Å². The summed E-state index contributed by atoms with van der Waals surface area (Å²) in [5.74, 6) is 0. The second kappa shape index (κ2) is 10.0. The van der Waals surface area contributed by atoms with Gasteiger partial charge >= 0.3 is 8.80 Å². The van der Waals surface area contributed by atoms with Gasteiger partial charge in [0.1, 0.15) is 17.9 Å². The van der Waals surface area contributed by atoms with Gasteiger partial charge in [-0.25, -0.2) is 0 Å². The molecule has 0 bridgehead atoms. The van der Waals surface area contributed by atoms with E-state index in [0.717, 1.165) is 52.1 Å². The Morgan fingerprint density at radius 1 is 0.913 bits per heavy atom. The predicted octanol–water partition coefficient (Wildman–Crippen LogP) is 1.16. The lowest BCUT2D eigenvalue weighted by atomic mass is 10.2. The SMILES string of the molecule is CO[Si](OC)(OC)C(CCCCCOCC1CO1)OCC1CO1. The molecule has 2 aliphatic heterocycles. The first-order chi connectivity index (χ1) is 11.2. The molecule has 0 N–H and O–H groups in total. The molecule has 3 unspecified atom stereocenters. The number of epoxide rings is 2. The smallest absolute Gasteiger partial charge is 0.379 e. The number of rotatable bonds is 15. The van der Waals surface area contributed by atoms with Crippen molar-refractivity contribution in [1.82, 2.24) is 0 Å². The lowest BCUT2D eigenvalue weighted by Gasteiger charge is -2.32. The van der Waals surface area contributed by atoms with Crippen LogP contribution in [0.2, 0.25) is 0 Å². The molecule has 3 atom stereocenters. The molecule has 0 aromatic heterocycles. The Morgan fingerprint density at radius 3 is 2.09 bits per heavy atom. The van der Waals surface area contributed by atoms with E-state index >= 15 is 0 Å². The topological polar surface area (TPSA) is 71.2 Å². The normalized spacial score (nSPS) is 24.7. The van der Waals surface area contributed by atoms with Crippen molar-refractivity contribution in [3.05, 3.63) is 0 Å². The molecule has 0 aromatic rings. The third kappa shape index (κ3) is 6.75. The van der Waals surface area contributed by atoms with Crippen LogP contribution in [0.1, 0.15) is 25.7 Å². The average Bonchev–Trinajstić information content (AvgIpc) is 3.47. The van der Waals surface area contributed by atoms with Crippen LogP contribution >= 0.6 is 0 Å². The lowest BCUT2D eigenvalue weighted by molar-refractivity contribution is 0.00320. The monoisotopic (exact) mass is 350 g/mol. The highest BCUT2D eigenvalue weighted by Gasteiger charge is 2.48. The summed E-state index contributed by atoms with van der Waals surface area (Å²) in [4.78, 5) is 0. The molecule has 2 aliphatic rings. The molecule has 2 heterocycles. The summed E-state index contributed by atoms with van der Waals surface area (Å²) in [6.45, 7) is 3.70. The van der Waals surface area contributed by atoms with Crippen molar-refractivity contribution in [2.45, 2.75) is 43.6 Å². The number of unbranched alkanes of at least 4 members (excludes halogenated alkanes) is 2. The van der Waals surface area contributed by atoms with Gasteiger partial charge in [-0.2, -0.15) is 0 Å². The van der Waals surface area contributed by atoms with E-state index in [2.05, 4.69) is 0 Å². The van der Waals surface area contributed by atoms with Gasteiger partial charge in [-0.05, 0) is 12.8 Å². The van der Waals surface area contributed by atoms with Gasteiger partial charge in [-0.3, -0.25) is 0 Å². The van der Waals surface area contributed by atoms with E-state index in [1.165, 1.54) is 0 Å². The molecule has 0 aromatic carbocycles. The molecular weight excluding hydrogens is 320 g/mol. The van der Waals surface area contributed by atoms with Gasteiger partial charge in [-0.1, -0.05) is 12.8 Å². The standard InChI is InChI=1S/C15H30O7Si/c1-16-23(17-2,18-3)15(22-12-14-11-21-14)7-5-4-6-8-19-9-13-10-20-13/h13-15H,4-12H2,1-3H3. The van der Waals surface area contributed by atoms with Gasteiger partial charge in [-0.15, -0.1) is 0 Å². The van der Waals surface area contributed by atoms with Crippen molar-refractivity contribution in [2.75, 3.05) is 54.4 Å². The van der Waals surface area contributed by atoms with E-state index in [1.807, 2.05) is 0 Å². The molecule has 7 nitrogen and oxygen atoms in total. The highest BCUT2D eigenvalue weighted by atomic mass is 28.4. The molecule has 2 saturated heterocycles. The second-order valence-corrected chi connectivity index (χ2v) is 8.95. The molecule has 23 heavy (non-hydrogen) atoms. The van der Waals surface area contributed by atoms with E-state index < -0.39 is 8.80 Å². The van der Waals surface area contributed by atoms with Crippen molar-refractivity contribution in [3.63, 3.8) is 0 Å². The molecule has 0 spiro atoms. The van der Waals surface area contributed by atoms with Crippen molar-refractivity contribution in [3.8, 4) is 0 Å². The van der Waals surface area contributed by atoms with Crippen molar-refractivity contribution < 1.29 is 32.2 Å². The summed E-state index contributed by atoms with van der Waals surface area (Å²) in [6.07, 6.45) is 4.53. The highest BCUT2D eigenvalue weighted by Crippen LogP contribution is 2.22. The number of ether oxygens (including phenoxy) is 4. The molecule has 0 saturated carbocycles. The first-order valence-electron chi connectivity index (χ1n) is 8.32. The summed E-state index contributed by atoms with van der Waals surface area (Å²) in [5, 5.41) is 0. The number of hydrogen-bond acceptors (Lipinski definition) is 7. The summed E-state index contributed by atoms with van der Waals surface area (Å²) in [7, 11) is 2.07. The van der Waals surface area contributed by atoms with Crippen LogP contribution in [0.3, 0.4) is 0 Å². The number of hydrogen-bond donors (Lipinski definition) is 0. The van der Waals surface area contributed by atoms with Crippen LogP contribution in [0.5, 0.6) is 0 Å². The maximum atomic E-state index is 5.99. The van der Waals surface area contributed by atoms with Crippen molar-refractivity contribution in [1.29, 1.82) is 0 Å². The maximum absolute atomic E-state index is 5.99. The molecule has 2 fully saturated rings. The molecular formula is C15H30O7Si. The minimum Gasteiger partial charge on any atom is -0.379 e. The van der Waals surface area contributed by atoms with Crippen LogP contribution in [0.15, 0.2) is 0 Å². The first-order valence-corrected chi connectivity index (χ1v) is 10.1. The maximum Gasteiger partial charge on any atom is 0.530 e. The minimum absolute atomic E-state index is 0.160. The largest absolute Gasteiger partial charge is 0.530 e. The first kappa shape index (κ1) is 19.3. The summed E-state index contributed by atoms with van der Waals surface area (Å²) < 4.78 is 38.6. The van der Waals surface area contributed by atoms with Gasteiger partial charge < -0.3 is 32.2 Å². The van der Waals surface area contributed by atoms with Crippen LogP contribution < -0.4 is 0 Å². The summed E-state index contributed by atoms with van der Waals surface area (Å²) >= 11 is 0. The molecule has 0 aliphatic carbocycles. The van der Waals surface area contributed by atoms with Gasteiger partial charge in [0, 0.05) is 27.9 Å². The zero-order chi connectivity index (χ0) is 16.5. The second-order valence-electron chi connectivity index (χ2n) is 5.87. The third-order valence-electron chi connectivity index (χ3n) is 4.09. The van der Waals surface area contributed by atoms with Crippen LogP contribution in [0.25, 0.3) is 0 Å². The van der Waals surface area contributed by atoms with Crippen molar-refractivity contribution >= 4 is 8.80 Å². The fourth-order valence-electron chi connectivity index (χ4n) is 2.48. The van der Waals surface area contributed by atoms with Crippen LogP contribution in [0, 0.1) is 0 Å². The molecule has 0 amide bonds. The average molecular weight is 350 g/mol. The summed E-state index contributed by atoms with van der Waals surface area (Å²) in [6, 6.07) is 0. The Kier molecular flexibility index (Phi) is 8.42. The minimum atomic E-state index is -2.79. The van der Waals surface area contributed by atoms with Gasteiger partial charge in [0.25, 0.3) is 0 Å². The Balaban J connectivity index is 1.65. The Morgan fingerprint density at radius 2 is 1.52 bits per heavy atom. The van der Waals surface area contributed by atoms with E-state index in [0.29, 0.717) is 12.7 Å². The van der Waals surface area contributed by atoms with Gasteiger partial charge in [0.2, 0.25) is 0 Å². The third-order valence-corrected chi connectivity index (χ3v) is 7.05. The van der Waals surface area contributed by atoms with E-state index in [4.69, 9.17) is 32.2 Å². The fraction of sp³-hybridized carbons (Fsp3) is 1.00. The molecule has 136 valence electrons. The Labute approximate surface area is 139 Å². The van der Waals surface area contributed by atoms with E-state index in [-0.39, 0.29) is 11.8 Å². The van der Waals surface area contributed by atoms with E-state index in [1.54, 1.807) is 21.3 Å². The highest BCUT2D eigenvalue weighted by molar-refractivity contribution is 6.62. The quantitative estimate of drug-likeness (QED) is 0.249. The Hall–Kier alpha value is -0.0631. The van der Waals surface area contributed by atoms with Crippen molar-refractivity contribution in [2.24, 2.45) is 0 Å². The van der Waals surface area contributed by atoms with Crippen LogP contribution in [-0.2, 0) is 32.2 Å². The van der Waals surface area contributed by atoms with Crippen LogP contribution in [-0.4, -0.2) is 81.1 Å². The lowest BCUT2D eigenvalue weighted by Crippen LogP contribution is -2.55. The predicted molar refractivity (Wildman–Crippen MR) is 85.3 cm³/mol. The fourth-order valence-corrected chi connectivity index (χ4v) is 4.63. The molecule has 8 heteroatoms. The van der Waals surface area contributed by atoms with E-state index in [9.17, 15) is 0 Å². The Bertz CT molecular complexity index is 311.